The van der Waals surface area contributed by atoms with E-state index in [1.165, 1.54) is 41.3 Å². The molecule has 3 heteroatoms. The molecule has 1 atom stereocenters. The molecule has 21 heavy (non-hydrogen) atoms. The minimum absolute atomic E-state index is 0.466. The molecule has 1 aliphatic carbocycles. The third-order valence-corrected chi connectivity index (χ3v) is 5.68. The summed E-state index contributed by atoms with van der Waals surface area (Å²) in [6.07, 6.45) is 3.75. The van der Waals surface area contributed by atoms with Crippen molar-refractivity contribution in [3.05, 3.63) is 62.8 Å². The van der Waals surface area contributed by atoms with Crippen molar-refractivity contribution in [2.75, 3.05) is 5.32 Å². The van der Waals surface area contributed by atoms with Crippen molar-refractivity contribution in [2.45, 2.75) is 25.3 Å². The van der Waals surface area contributed by atoms with Crippen molar-refractivity contribution in [1.29, 1.82) is 0 Å². The van der Waals surface area contributed by atoms with Crippen LogP contribution in [0.5, 0.6) is 0 Å². The molecule has 3 aromatic rings. The molecule has 1 aromatic heterocycles. The maximum atomic E-state index is 3.72. The SMILES string of the molecule is Brc1ccc2cc(NC3CCCc4sccc43)ccc2c1. The number of thiophene rings is 1. The van der Waals surface area contributed by atoms with Crippen LogP contribution >= 0.6 is 27.3 Å². The zero-order valence-electron chi connectivity index (χ0n) is 11.6. The molecule has 1 aliphatic rings. The summed E-state index contributed by atoms with van der Waals surface area (Å²) >= 11 is 5.43. The number of fused-ring (bicyclic) bond motifs is 2. The first kappa shape index (κ1) is 13.4. The van der Waals surface area contributed by atoms with Gasteiger partial charge in [-0.05, 0) is 71.3 Å². The molecular formula is C18H16BrNS. The molecule has 106 valence electrons. The van der Waals surface area contributed by atoms with Crippen molar-refractivity contribution >= 4 is 43.7 Å². The summed E-state index contributed by atoms with van der Waals surface area (Å²) in [5.74, 6) is 0. The summed E-state index contributed by atoms with van der Waals surface area (Å²) in [6.45, 7) is 0. The van der Waals surface area contributed by atoms with Crippen molar-refractivity contribution < 1.29 is 0 Å². The minimum atomic E-state index is 0.466. The van der Waals surface area contributed by atoms with Crippen molar-refractivity contribution in [1.82, 2.24) is 0 Å². The van der Waals surface area contributed by atoms with Gasteiger partial charge in [-0.1, -0.05) is 28.1 Å². The number of benzene rings is 2. The molecule has 0 fully saturated rings. The van der Waals surface area contributed by atoms with E-state index in [1.54, 1.807) is 4.88 Å². The summed E-state index contributed by atoms with van der Waals surface area (Å²) in [7, 11) is 0. The Balaban J connectivity index is 1.65. The van der Waals surface area contributed by atoms with Crippen molar-refractivity contribution in [2.24, 2.45) is 0 Å². The minimum Gasteiger partial charge on any atom is -0.378 e. The molecule has 1 unspecified atom stereocenters. The van der Waals surface area contributed by atoms with E-state index in [4.69, 9.17) is 0 Å². The third-order valence-electron chi connectivity index (χ3n) is 4.20. The molecule has 0 saturated carbocycles. The van der Waals surface area contributed by atoms with Gasteiger partial charge in [0.05, 0.1) is 6.04 Å². The van der Waals surface area contributed by atoms with Gasteiger partial charge in [-0.2, -0.15) is 0 Å². The molecule has 1 nitrogen and oxygen atoms in total. The van der Waals surface area contributed by atoms with Crippen LogP contribution in [-0.4, -0.2) is 0 Å². The van der Waals surface area contributed by atoms with E-state index in [1.807, 2.05) is 11.3 Å². The van der Waals surface area contributed by atoms with Gasteiger partial charge in [-0.15, -0.1) is 11.3 Å². The summed E-state index contributed by atoms with van der Waals surface area (Å²) in [5.41, 5.74) is 2.72. The van der Waals surface area contributed by atoms with Crippen LogP contribution in [0.2, 0.25) is 0 Å². The van der Waals surface area contributed by atoms with Crippen LogP contribution in [0, 0.1) is 0 Å². The van der Waals surface area contributed by atoms with Crippen molar-refractivity contribution in [3.8, 4) is 0 Å². The number of rotatable bonds is 2. The lowest BCUT2D eigenvalue weighted by Crippen LogP contribution is -2.15. The van der Waals surface area contributed by atoms with Gasteiger partial charge in [-0.3, -0.25) is 0 Å². The highest BCUT2D eigenvalue weighted by molar-refractivity contribution is 9.10. The third kappa shape index (κ3) is 2.60. The average Bonchev–Trinajstić information content (AvgIpc) is 2.97. The molecule has 0 amide bonds. The van der Waals surface area contributed by atoms with Crippen LogP contribution in [0.3, 0.4) is 0 Å². The van der Waals surface area contributed by atoms with Gasteiger partial charge in [0.1, 0.15) is 0 Å². The van der Waals surface area contributed by atoms with E-state index in [9.17, 15) is 0 Å². The van der Waals surface area contributed by atoms with E-state index < -0.39 is 0 Å². The lowest BCUT2D eigenvalue weighted by atomic mass is 9.94. The zero-order valence-corrected chi connectivity index (χ0v) is 14.0. The molecule has 0 aliphatic heterocycles. The van der Waals surface area contributed by atoms with E-state index in [0.717, 1.165) is 4.47 Å². The molecule has 2 aromatic carbocycles. The standard InChI is InChI=1S/C18H16BrNS/c19-14-6-4-13-11-15(7-5-12(13)10-14)20-17-2-1-3-18-16(17)8-9-21-18/h4-11,17,20H,1-3H2. The maximum Gasteiger partial charge on any atom is 0.0524 e. The van der Waals surface area contributed by atoms with Crippen LogP contribution in [0.25, 0.3) is 10.8 Å². The lowest BCUT2D eigenvalue weighted by molar-refractivity contribution is 0.609. The van der Waals surface area contributed by atoms with Gasteiger partial charge in [0.25, 0.3) is 0 Å². The first-order chi connectivity index (χ1) is 10.3. The predicted octanol–water partition coefficient (Wildman–Crippen LogP) is 6.15. The second kappa shape index (κ2) is 5.47. The number of halogens is 1. The Kier molecular flexibility index (Phi) is 3.48. The zero-order chi connectivity index (χ0) is 14.2. The lowest BCUT2D eigenvalue weighted by Gasteiger charge is -2.25. The second-order valence-corrected chi connectivity index (χ2v) is 7.51. The normalized spacial score (nSPS) is 17.7. The number of anilines is 1. The van der Waals surface area contributed by atoms with Gasteiger partial charge in [-0.25, -0.2) is 0 Å². The van der Waals surface area contributed by atoms with Crippen LogP contribution in [0.15, 0.2) is 52.3 Å². The van der Waals surface area contributed by atoms with E-state index in [2.05, 4.69) is 69.1 Å². The van der Waals surface area contributed by atoms with Crippen LogP contribution in [0.4, 0.5) is 5.69 Å². The highest BCUT2D eigenvalue weighted by Gasteiger charge is 2.20. The Labute approximate surface area is 137 Å². The summed E-state index contributed by atoms with van der Waals surface area (Å²) in [6, 6.07) is 15.8. The molecule has 1 N–H and O–H groups in total. The fourth-order valence-corrected chi connectivity index (χ4v) is 4.51. The Morgan fingerprint density at radius 2 is 1.90 bits per heavy atom. The number of nitrogens with one attached hydrogen (secondary N) is 1. The van der Waals surface area contributed by atoms with Gasteiger partial charge in [0.15, 0.2) is 0 Å². The molecule has 4 rings (SSSR count). The first-order valence-electron chi connectivity index (χ1n) is 7.32. The van der Waals surface area contributed by atoms with E-state index >= 15 is 0 Å². The average molecular weight is 358 g/mol. The summed E-state index contributed by atoms with van der Waals surface area (Å²) < 4.78 is 1.13. The highest BCUT2D eigenvalue weighted by atomic mass is 79.9. The van der Waals surface area contributed by atoms with Crippen LogP contribution in [0.1, 0.15) is 29.3 Å². The summed E-state index contributed by atoms with van der Waals surface area (Å²) in [4.78, 5) is 1.56. The molecular weight excluding hydrogens is 342 g/mol. The van der Waals surface area contributed by atoms with E-state index in [0.29, 0.717) is 6.04 Å². The topological polar surface area (TPSA) is 12.0 Å². The van der Waals surface area contributed by atoms with Crippen LogP contribution in [-0.2, 0) is 6.42 Å². The maximum absolute atomic E-state index is 3.72. The largest absolute Gasteiger partial charge is 0.378 e. The molecule has 0 spiro atoms. The predicted molar refractivity (Wildman–Crippen MR) is 95.3 cm³/mol. The fourth-order valence-electron chi connectivity index (χ4n) is 3.14. The second-order valence-electron chi connectivity index (χ2n) is 5.59. The summed E-state index contributed by atoms with van der Waals surface area (Å²) in [5, 5.41) is 8.50. The number of hydrogen-bond donors (Lipinski definition) is 1. The molecule has 0 saturated heterocycles. The van der Waals surface area contributed by atoms with Gasteiger partial charge < -0.3 is 5.32 Å². The fraction of sp³-hybridized carbons (Fsp3) is 0.222. The van der Waals surface area contributed by atoms with Crippen molar-refractivity contribution in [3.63, 3.8) is 0 Å². The van der Waals surface area contributed by atoms with Gasteiger partial charge in [0.2, 0.25) is 0 Å². The molecule has 0 radical (unpaired) electrons. The Bertz CT molecular complexity index is 793. The van der Waals surface area contributed by atoms with Gasteiger partial charge >= 0.3 is 0 Å². The smallest absolute Gasteiger partial charge is 0.0524 e. The highest BCUT2D eigenvalue weighted by Crippen LogP contribution is 2.36. The molecule has 0 bridgehead atoms. The molecule has 1 heterocycles. The number of aryl methyl sites for hydroxylation is 1. The Hall–Kier alpha value is -1.32. The Morgan fingerprint density at radius 1 is 1.05 bits per heavy atom. The number of hydrogen-bond acceptors (Lipinski definition) is 2. The first-order valence-corrected chi connectivity index (χ1v) is 8.99. The van der Waals surface area contributed by atoms with Gasteiger partial charge in [0, 0.05) is 15.0 Å². The van der Waals surface area contributed by atoms with Crippen LogP contribution < -0.4 is 5.32 Å². The Morgan fingerprint density at radius 3 is 2.86 bits per heavy atom. The monoisotopic (exact) mass is 357 g/mol. The quantitative estimate of drug-likeness (QED) is 0.579. The van der Waals surface area contributed by atoms with E-state index in [-0.39, 0.29) is 0 Å².